The number of aromatic amines is 1. The molecule has 3 aromatic rings. The van der Waals surface area contributed by atoms with Gasteiger partial charge in [0.25, 0.3) is 5.56 Å². The summed E-state index contributed by atoms with van der Waals surface area (Å²) in [4.78, 5) is 50.9. The summed E-state index contributed by atoms with van der Waals surface area (Å²) >= 11 is 0. The minimum atomic E-state index is -1.18. The molecule has 1 heterocycles. The highest BCUT2D eigenvalue weighted by Crippen LogP contribution is 2.11. The standard InChI is InChI=1S/C21H21N3O6/c25-14-9-7-13(8-10-14)12-17(20(28)29)22-18(26)6-3-11-24-19(27)15-4-1-2-5-16(15)23-21(24)30/h1-2,4-5,7-10,17,25H,3,6,11-12H2,(H,22,26)(H,23,30)(H,28,29). The number of H-pyrrole nitrogens is 1. The number of phenols is 1. The molecule has 1 atom stereocenters. The van der Waals surface area contributed by atoms with E-state index in [1.165, 1.54) is 12.1 Å². The van der Waals surface area contributed by atoms with Crippen molar-refractivity contribution in [2.75, 3.05) is 0 Å². The lowest BCUT2D eigenvalue weighted by Gasteiger charge is -2.15. The van der Waals surface area contributed by atoms with Crippen molar-refractivity contribution >= 4 is 22.8 Å². The van der Waals surface area contributed by atoms with E-state index in [1.54, 1.807) is 36.4 Å². The highest BCUT2D eigenvalue weighted by molar-refractivity contribution is 5.83. The van der Waals surface area contributed by atoms with Gasteiger partial charge in [-0.3, -0.25) is 14.2 Å². The molecule has 1 amide bonds. The van der Waals surface area contributed by atoms with E-state index in [0.29, 0.717) is 16.5 Å². The van der Waals surface area contributed by atoms with E-state index in [9.17, 15) is 29.4 Å². The zero-order valence-electron chi connectivity index (χ0n) is 16.0. The van der Waals surface area contributed by atoms with Crippen molar-refractivity contribution < 1.29 is 19.8 Å². The van der Waals surface area contributed by atoms with Gasteiger partial charge in [-0.2, -0.15) is 0 Å². The average molecular weight is 411 g/mol. The number of carbonyl (C=O) groups is 2. The third kappa shape index (κ3) is 4.93. The van der Waals surface area contributed by atoms with Gasteiger partial charge in [0.2, 0.25) is 5.91 Å². The van der Waals surface area contributed by atoms with Crippen LogP contribution in [0.25, 0.3) is 10.9 Å². The molecule has 0 aliphatic carbocycles. The van der Waals surface area contributed by atoms with Crippen molar-refractivity contribution in [3.05, 3.63) is 74.9 Å². The molecule has 0 saturated carbocycles. The van der Waals surface area contributed by atoms with Crippen LogP contribution in [0.5, 0.6) is 5.75 Å². The predicted octanol–water partition coefficient (Wildman–Crippen LogP) is 0.988. The number of carbonyl (C=O) groups excluding carboxylic acids is 1. The van der Waals surface area contributed by atoms with E-state index in [4.69, 9.17) is 0 Å². The van der Waals surface area contributed by atoms with Gasteiger partial charge in [0.15, 0.2) is 0 Å². The van der Waals surface area contributed by atoms with Gasteiger partial charge >= 0.3 is 11.7 Å². The number of phenolic OH excluding ortho intramolecular Hbond substituents is 1. The molecule has 1 aromatic heterocycles. The zero-order valence-corrected chi connectivity index (χ0v) is 16.0. The van der Waals surface area contributed by atoms with E-state index < -0.39 is 29.2 Å². The van der Waals surface area contributed by atoms with Gasteiger partial charge in [-0.15, -0.1) is 0 Å². The first-order valence-electron chi connectivity index (χ1n) is 9.37. The maximum atomic E-state index is 12.5. The lowest BCUT2D eigenvalue weighted by Crippen LogP contribution is -2.42. The Balaban J connectivity index is 1.60. The number of hydrogen-bond acceptors (Lipinski definition) is 5. The van der Waals surface area contributed by atoms with Crippen LogP contribution in [0.4, 0.5) is 0 Å². The number of hydrogen-bond donors (Lipinski definition) is 4. The second kappa shape index (κ2) is 9.08. The number of fused-ring (bicyclic) bond motifs is 1. The van der Waals surface area contributed by atoms with Crippen LogP contribution in [-0.4, -0.2) is 37.7 Å². The number of nitrogens with one attached hydrogen (secondary N) is 2. The Morgan fingerprint density at radius 2 is 1.77 bits per heavy atom. The van der Waals surface area contributed by atoms with Gasteiger partial charge < -0.3 is 20.5 Å². The summed E-state index contributed by atoms with van der Waals surface area (Å²) in [5.41, 5.74) is 0.0927. The SMILES string of the molecule is O=C(CCCn1c(=O)[nH]c2ccccc2c1=O)NC(Cc1ccc(O)cc1)C(=O)O. The quantitative estimate of drug-likeness (QED) is 0.435. The van der Waals surface area contributed by atoms with E-state index in [0.717, 1.165) is 4.57 Å². The van der Waals surface area contributed by atoms with Crippen LogP contribution in [0.3, 0.4) is 0 Å². The maximum Gasteiger partial charge on any atom is 0.328 e. The summed E-state index contributed by atoms with van der Waals surface area (Å²) in [6.45, 7) is 0.0299. The van der Waals surface area contributed by atoms with Gasteiger partial charge in [-0.1, -0.05) is 24.3 Å². The molecule has 3 rings (SSSR count). The van der Waals surface area contributed by atoms with Crippen molar-refractivity contribution in [2.45, 2.75) is 31.8 Å². The van der Waals surface area contributed by atoms with Crippen molar-refractivity contribution in [3.8, 4) is 5.75 Å². The fraction of sp³-hybridized carbons (Fsp3) is 0.238. The van der Waals surface area contributed by atoms with Gasteiger partial charge in [0, 0.05) is 19.4 Å². The number of nitrogens with zero attached hydrogens (tertiary/aromatic N) is 1. The summed E-state index contributed by atoms with van der Waals surface area (Å²) in [5, 5.41) is 21.5. The fourth-order valence-corrected chi connectivity index (χ4v) is 3.13. The number of carboxylic acid groups (broad SMARTS) is 1. The average Bonchev–Trinajstić information content (AvgIpc) is 2.71. The number of carboxylic acids is 1. The molecular formula is C21H21N3O6. The van der Waals surface area contributed by atoms with Crippen LogP contribution in [0.1, 0.15) is 18.4 Å². The summed E-state index contributed by atoms with van der Waals surface area (Å²) in [7, 11) is 0. The van der Waals surface area contributed by atoms with Gasteiger partial charge in [-0.05, 0) is 36.2 Å². The number of aliphatic carboxylic acids is 1. The number of aromatic hydroxyl groups is 1. The maximum absolute atomic E-state index is 12.5. The Hall–Kier alpha value is -3.88. The topological polar surface area (TPSA) is 141 Å². The predicted molar refractivity (Wildman–Crippen MR) is 109 cm³/mol. The van der Waals surface area contributed by atoms with Crippen LogP contribution in [-0.2, 0) is 22.6 Å². The normalized spacial score (nSPS) is 11.9. The lowest BCUT2D eigenvalue weighted by molar-refractivity contribution is -0.141. The number of rotatable bonds is 8. The van der Waals surface area contributed by atoms with Crippen LogP contribution in [0, 0.1) is 0 Å². The van der Waals surface area contributed by atoms with Crippen LogP contribution < -0.4 is 16.6 Å². The van der Waals surface area contributed by atoms with E-state index in [2.05, 4.69) is 10.3 Å². The van der Waals surface area contributed by atoms with Gasteiger partial charge in [-0.25, -0.2) is 9.59 Å². The molecule has 0 aliphatic heterocycles. The number of benzene rings is 2. The Bertz CT molecular complexity index is 1180. The molecule has 0 bridgehead atoms. The summed E-state index contributed by atoms with van der Waals surface area (Å²) in [6.07, 6.45) is 0.210. The molecule has 9 nitrogen and oxygen atoms in total. The van der Waals surface area contributed by atoms with Crippen LogP contribution in [0.2, 0.25) is 0 Å². The molecule has 30 heavy (non-hydrogen) atoms. The molecule has 0 radical (unpaired) electrons. The summed E-state index contributed by atoms with van der Waals surface area (Å²) in [6, 6.07) is 11.6. The molecule has 0 saturated heterocycles. The van der Waals surface area contributed by atoms with Gasteiger partial charge in [0.1, 0.15) is 11.8 Å². The van der Waals surface area contributed by atoms with E-state index in [-0.39, 0.29) is 31.6 Å². The van der Waals surface area contributed by atoms with Crippen molar-refractivity contribution in [1.82, 2.24) is 14.9 Å². The largest absolute Gasteiger partial charge is 0.508 e. The molecule has 2 aromatic carbocycles. The van der Waals surface area contributed by atoms with Crippen LogP contribution >= 0.6 is 0 Å². The molecule has 9 heteroatoms. The minimum absolute atomic E-state index is 0.0299. The van der Waals surface area contributed by atoms with Crippen LogP contribution in [0.15, 0.2) is 58.1 Å². The molecule has 4 N–H and O–H groups in total. The zero-order chi connectivity index (χ0) is 21.7. The molecule has 0 fully saturated rings. The number of para-hydroxylation sites is 1. The van der Waals surface area contributed by atoms with Crippen molar-refractivity contribution in [1.29, 1.82) is 0 Å². The second-order valence-electron chi connectivity index (χ2n) is 6.86. The first-order chi connectivity index (χ1) is 14.3. The Morgan fingerprint density at radius 1 is 1.07 bits per heavy atom. The minimum Gasteiger partial charge on any atom is -0.508 e. The lowest BCUT2D eigenvalue weighted by atomic mass is 10.1. The molecule has 0 aliphatic rings. The number of amides is 1. The third-order valence-corrected chi connectivity index (χ3v) is 4.68. The smallest absolute Gasteiger partial charge is 0.328 e. The summed E-state index contributed by atoms with van der Waals surface area (Å²) < 4.78 is 1.03. The Labute approximate surface area is 170 Å². The monoisotopic (exact) mass is 411 g/mol. The van der Waals surface area contributed by atoms with E-state index in [1.807, 2.05) is 0 Å². The Morgan fingerprint density at radius 3 is 2.47 bits per heavy atom. The van der Waals surface area contributed by atoms with Crippen molar-refractivity contribution in [2.24, 2.45) is 0 Å². The summed E-state index contributed by atoms with van der Waals surface area (Å²) in [5.74, 6) is -1.61. The highest BCUT2D eigenvalue weighted by Gasteiger charge is 2.20. The first-order valence-corrected chi connectivity index (χ1v) is 9.37. The molecule has 0 spiro atoms. The molecular weight excluding hydrogens is 390 g/mol. The van der Waals surface area contributed by atoms with Crippen molar-refractivity contribution in [3.63, 3.8) is 0 Å². The fourth-order valence-electron chi connectivity index (χ4n) is 3.13. The highest BCUT2D eigenvalue weighted by atomic mass is 16.4. The first kappa shape index (κ1) is 20.8. The third-order valence-electron chi connectivity index (χ3n) is 4.68. The Kier molecular flexibility index (Phi) is 6.31. The molecule has 1 unspecified atom stereocenters. The molecule has 156 valence electrons. The second-order valence-corrected chi connectivity index (χ2v) is 6.86. The van der Waals surface area contributed by atoms with Gasteiger partial charge in [0.05, 0.1) is 10.9 Å². The van der Waals surface area contributed by atoms with E-state index >= 15 is 0 Å². The number of aromatic nitrogens is 2.